The SMILES string of the molecule is CC1=CCCc2c1nc(NC1CCN(CC(C)N)CC1)n2Cc1nc(C)ccc1O.Cl.Cl.Cl.Cl.O.O.O. The first-order valence-electron chi connectivity index (χ1n) is 11.1. The van der Waals surface area contributed by atoms with Crippen LogP contribution in [0.3, 0.4) is 0 Å². The van der Waals surface area contributed by atoms with Gasteiger partial charge in [0, 0.05) is 43.1 Å². The van der Waals surface area contributed by atoms with Crippen molar-refractivity contribution in [3.8, 4) is 5.75 Å². The molecule has 0 aromatic carbocycles. The summed E-state index contributed by atoms with van der Waals surface area (Å²) in [6, 6.07) is 4.17. The van der Waals surface area contributed by atoms with Gasteiger partial charge in [-0.05, 0) is 64.2 Å². The predicted molar refractivity (Wildman–Crippen MR) is 161 cm³/mol. The van der Waals surface area contributed by atoms with E-state index >= 15 is 0 Å². The van der Waals surface area contributed by atoms with E-state index < -0.39 is 0 Å². The molecular formula is C23H44Cl4N6O4. The average Bonchev–Trinajstić information content (AvgIpc) is 3.04. The molecule has 37 heavy (non-hydrogen) atoms. The molecule has 1 aliphatic heterocycles. The quantitative estimate of drug-likeness (QED) is 0.450. The van der Waals surface area contributed by atoms with Crippen LogP contribution >= 0.6 is 49.6 Å². The van der Waals surface area contributed by atoms with Crippen molar-refractivity contribution in [1.29, 1.82) is 0 Å². The molecule has 1 atom stereocenters. The van der Waals surface area contributed by atoms with E-state index in [-0.39, 0.29) is 77.8 Å². The van der Waals surface area contributed by atoms with Gasteiger partial charge in [0.15, 0.2) is 0 Å². The number of aromatic hydroxyl groups is 1. The van der Waals surface area contributed by atoms with Crippen LogP contribution in [-0.2, 0) is 13.0 Å². The van der Waals surface area contributed by atoms with Crippen molar-refractivity contribution in [1.82, 2.24) is 19.4 Å². The fourth-order valence-electron chi connectivity index (χ4n) is 4.58. The zero-order valence-electron chi connectivity index (χ0n) is 21.5. The summed E-state index contributed by atoms with van der Waals surface area (Å²) >= 11 is 0. The second-order valence-electron chi connectivity index (χ2n) is 8.86. The molecule has 0 saturated carbocycles. The van der Waals surface area contributed by atoms with Crippen molar-refractivity contribution in [2.75, 3.05) is 25.0 Å². The molecule has 0 bridgehead atoms. The Morgan fingerprint density at radius 1 is 1.05 bits per heavy atom. The number of halogens is 4. The van der Waals surface area contributed by atoms with E-state index in [4.69, 9.17) is 10.7 Å². The molecule has 10 N–H and O–H groups in total. The van der Waals surface area contributed by atoms with Gasteiger partial charge in [-0.2, -0.15) is 0 Å². The second-order valence-corrected chi connectivity index (χ2v) is 8.86. The molecule has 1 aliphatic carbocycles. The fraction of sp³-hybridized carbons (Fsp3) is 0.565. The van der Waals surface area contributed by atoms with Crippen LogP contribution < -0.4 is 11.1 Å². The highest BCUT2D eigenvalue weighted by atomic mass is 35.5. The zero-order valence-corrected chi connectivity index (χ0v) is 24.8. The minimum atomic E-state index is 0. The molecular weight excluding hydrogens is 566 g/mol. The van der Waals surface area contributed by atoms with E-state index in [1.807, 2.05) is 13.0 Å². The van der Waals surface area contributed by atoms with Gasteiger partial charge >= 0.3 is 0 Å². The second kappa shape index (κ2) is 18.8. The van der Waals surface area contributed by atoms with E-state index in [0.717, 1.165) is 62.7 Å². The number of fused-ring (bicyclic) bond motifs is 1. The Morgan fingerprint density at radius 2 is 1.68 bits per heavy atom. The molecule has 10 nitrogen and oxygen atoms in total. The Kier molecular flexibility index (Phi) is 21.8. The van der Waals surface area contributed by atoms with E-state index in [0.29, 0.717) is 18.3 Å². The highest BCUT2D eigenvalue weighted by molar-refractivity contribution is 5.86. The van der Waals surface area contributed by atoms with Crippen LogP contribution in [-0.4, -0.2) is 72.7 Å². The molecule has 3 heterocycles. The summed E-state index contributed by atoms with van der Waals surface area (Å²) in [5.41, 5.74) is 11.1. The first-order chi connectivity index (χ1) is 14.4. The lowest BCUT2D eigenvalue weighted by Gasteiger charge is -2.33. The topological polar surface area (TPSA) is 187 Å². The van der Waals surface area contributed by atoms with Gasteiger partial charge in [-0.25, -0.2) is 4.98 Å². The molecule has 2 aromatic heterocycles. The normalized spacial score (nSPS) is 15.2. The molecule has 2 aliphatic rings. The first-order valence-corrected chi connectivity index (χ1v) is 11.1. The van der Waals surface area contributed by atoms with Crippen LogP contribution in [0.1, 0.15) is 55.9 Å². The number of nitrogens with one attached hydrogen (secondary N) is 1. The van der Waals surface area contributed by atoms with Gasteiger partial charge in [-0.3, -0.25) is 4.98 Å². The molecule has 1 fully saturated rings. The zero-order chi connectivity index (χ0) is 21.3. The number of hydrogen-bond acceptors (Lipinski definition) is 6. The van der Waals surface area contributed by atoms with Crippen LogP contribution in [0, 0.1) is 6.92 Å². The third kappa shape index (κ3) is 10.4. The number of pyridine rings is 1. The van der Waals surface area contributed by atoms with Crippen LogP contribution in [0.2, 0.25) is 0 Å². The third-order valence-electron chi connectivity index (χ3n) is 6.14. The monoisotopic (exact) mass is 608 g/mol. The van der Waals surface area contributed by atoms with Gasteiger partial charge in [0.1, 0.15) is 11.4 Å². The Morgan fingerprint density at radius 3 is 2.27 bits per heavy atom. The fourth-order valence-corrected chi connectivity index (χ4v) is 4.58. The maximum absolute atomic E-state index is 10.4. The van der Waals surface area contributed by atoms with E-state index in [1.54, 1.807) is 6.07 Å². The highest BCUT2D eigenvalue weighted by Gasteiger charge is 2.25. The number of allylic oxidation sites excluding steroid dienone is 2. The number of likely N-dealkylation sites (tertiary alicyclic amines) is 1. The number of aromatic nitrogens is 3. The van der Waals surface area contributed by atoms with Gasteiger partial charge in [-0.15, -0.1) is 49.6 Å². The molecule has 14 heteroatoms. The molecule has 2 aromatic rings. The summed E-state index contributed by atoms with van der Waals surface area (Å²) in [6.45, 7) is 9.74. The molecule has 218 valence electrons. The summed E-state index contributed by atoms with van der Waals surface area (Å²) in [7, 11) is 0. The summed E-state index contributed by atoms with van der Waals surface area (Å²) in [6.07, 6.45) is 6.39. The lowest BCUT2D eigenvalue weighted by Crippen LogP contribution is -2.44. The van der Waals surface area contributed by atoms with Gasteiger partial charge in [0.05, 0.1) is 12.2 Å². The standard InChI is InChI=1S/C23H34N6O.4ClH.3H2O/c1-15-5-4-6-20-22(15)27-23(26-18-9-11-28(12-10-18)13-16(2)24)29(20)14-19-21(30)8-7-17(3)25-19;;;;;;;/h5,7-8,16,18,30H,4,6,9-14,24H2,1-3H3,(H,26,27);4*1H;3*1H2. The van der Waals surface area contributed by atoms with Crippen molar-refractivity contribution in [3.63, 3.8) is 0 Å². The molecule has 0 radical (unpaired) electrons. The van der Waals surface area contributed by atoms with Crippen LogP contribution in [0.5, 0.6) is 5.75 Å². The average molecular weight is 610 g/mol. The van der Waals surface area contributed by atoms with E-state index in [9.17, 15) is 5.11 Å². The first kappa shape index (κ1) is 42.7. The Bertz CT molecular complexity index is 954. The number of aryl methyl sites for hydroxylation is 1. The number of rotatable bonds is 6. The largest absolute Gasteiger partial charge is 0.506 e. The molecule has 4 rings (SSSR count). The maximum atomic E-state index is 10.4. The highest BCUT2D eigenvalue weighted by Crippen LogP contribution is 2.31. The van der Waals surface area contributed by atoms with Crippen molar-refractivity contribution in [2.24, 2.45) is 5.73 Å². The Balaban J connectivity index is -0.000000778. The minimum Gasteiger partial charge on any atom is -0.506 e. The van der Waals surface area contributed by atoms with Crippen molar-refractivity contribution >= 4 is 61.1 Å². The number of anilines is 1. The number of imidazole rings is 1. The molecule has 1 unspecified atom stereocenters. The predicted octanol–water partition coefficient (Wildman–Crippen LogP) is 2.13. The van der Waals surface area contributed by atoms with Crippen LogP contribution in [0.25, 0.3) is 5.57 Å². The number of hydrogen-bond donors (Lipinski definition) is 3. The summed E-state index contributed by atoms with van der Waals surface area (Å²) < 4.78 is 2.22. The van der Waals surface area contributed by atoms with Crippen molar-refractivity contribution < 1.29 is 21.5 Å². The number of piperidine rings is 1. The van der Waals surface area contributed by atoms with Crippen molar-refractivity contribution in [3.05, 3.63) is 41.0 Å². The van der Waals surface area contributed by atoms with Crippen LogP contribution in [0.15, 0.2) is 18.2 Å². The smallest absolute Gasteiger partial charge is 0.204 e. The lowest BCUT2D eigenvalue weighted by atomic mass is 10.0. The Labute approximate surface area is 244 Å². The maximum Gasteiger partial charge on any atom is 0.204 e. The van der Waals surface area contributed by atoms with Gasteiger partial charge in [0.25, 0.3) is 0 Å². The van der Waals surface area contributed by atoms with Crippen molar-refractivity contribution in [2.45, 2.75) is 65.1 Å². The Hall–Kier alpha value is -1.34. The van der Waals surface area contributed by atoms with Gasteiger partial charge in [0.2, 0.25) is 5.95 Å². The van der Waals surface area contributed by atoms with Crippen LogP contribution in [0.4, 0.5) is 5.95 Å². The van der Waals surface area contributed by atoms with E-state index in [2.05, 4.69) is 39.7 Å². The summed E-state index contributed by atoms with van der Waals surface area (Å²) in [4.78, 5) is 12.0. The lowest BCUT2D eigenvalue weighted by molar-refractivity contribution is 0.210. The summed E-state index contributed by atoms with van der Waals surface area (Å²) in [5, 5.41) is 14.1. The number of nitrogens with zero attached hydrogens (tertiary/aromatic N) is 4. The van der Waals surface area contributed by atoms with E-state index in [1.165, 1.54) is 11.3 Å². The van der Waals surface area contributed by atoms with Gasteiger partial charge < -0.3 is 42.1 Å². The molecule has 0 spiro atoms. The van der Waals surface area contributed by atoms with Gasteiger partial charge in [-0.1, -0.05) is 6.08 Å². The number of nitrogens with two attached hydrogens (primary N) is 1. The molecule has 0 amide bonds. The molecule has 1 saturated heterocycles. The third-order valence-corrected chi connectivity index (χ3v) is 6.14. The minimum absolute atomic E-state index is 0. The summed E-state index contributed by atoms with van der Waals surface area (Å²) in [5.74, 6) is 1.13.